The second kappa shape index (κ2) is 6.35. The fourth-order valence-corrected chi connectivity index (χ4v) is 2.94. The van der Waals surface area contributed by atoms with Gasteiger partial charge in [-0.3, -0.25) is 0 Å². The zero-order valence-corrected chi connectivity index (χ0v) is 12.2. The van der Waals surface area contributed by atoms with Crippen LogP contribution in [0.25, 0.3) is 0 Å². The first-order chi connectivity index (χ1) is 9.13. The highest BCUT2D eigenvalue weighted by atomic mass is 32.1. The largest absolute Gasteiger partial charge is 0.394 e. The van der Waals surface area contributed by atoms with Crippen LogP contribution in [0.5, 0.6) is 0 Å². The van der Waals surface area contributed by atoms with Gasteiger partial charge in [0.25, 0.3) is 0 Å². The van der Waals surface area contributed by atoms with Crippen molar-refractivity contribution in [1.29, 1.82) is 0 Å². The first kappa shape index (κ1) is 14.3. The van der Waals surface area contributed by atoms with Crippen molar-refractivity contribution >= 4 is 22.9 Å². The Hall–Kier alpha value is -1.13. The molecule has 1 atom stereocenters. The molecule has 1 aromatic carbocycles. The van der Waals surface area contributed by atoms with Gasteiger partial charge in [0, 0.05) is 17.8 Å². The predicted octanol–water partition coefficient (Wildman–Crippen LogP) is 2.37. The van der Waals surface area contributed by atoms with Gasteiger partial charge in [-0.1, -0.05) is 31.1 Å². The van der Waals surface area contributed by atoms with Crippen LogP contribution in [-0.2, 0) is 0 Å². The molecule has 0 aromatic heterocycles. The first-order valence-electron chi connectivity index (χ1n) is 6.91. The summed E-state index contributed by atoms with van der Waals surface area (Å²) in [7, 11) is 0. The maximum atomic E-state index is 9.64. The molecule has 19 heavy (non-hydrogen) atoms. The molecule has 3 nitrogen and oxygen atoms in total. The van der Waals surface area contributed by atoms with E-state index in [4.69, 9.17) is 18.0 Å². The Labute approximate surface area is 120 Å². The number of benzene rings is 1. The molecule has 0 bridgehead atoms. The lowest BCUT2D eigenvalue weighted by Crippen LogP contribution is -2.38. The van der Waals surface area contributed by atoms with Crippen LogP contribution in [0, 0.1) is 6.92 Å². The average molecular weight is 278 g/mol. The highest BCUT2D eigenvalue weighted by molar-refractivity contribution is 7.80. The minimum Gasteiger partial charge on any atom is -0.394 e. The Morgan fingerprint density at radius 1 is 1.42 bits per heavy atom. The van der Waals surface area contributed by atoms with Crippen molar-refractivity contribution in [1.82, 2.24) is 0 Å². The number of aryl methyl sites for hydroxylation is 1. The molecular formula is C15H22N2OS. The topological polar surface area (TPSA) is 49.5 Å². The maximum Gasteiger partial charge on any atom is 0.106 e. The summed E-state index contributed by atoms with van der Waals surface area (Å²) in [6, 6.07) is 6.33. The number of hydrogen-bond donors (Lipinski definition) is 2. The van der Waals surface area contributed by atoms with Gasteiger partial charge in [-0.2, -0.15) is 0 Å². The van der Waals surface area contributed by atoms with Gasteiger partial charge in [0.1, 0.15) is 4.99 Å². The quantitative estimate of drug-likeness (QED) is 0.834. The van der Waals surface area contributed by atoms with E-state index in [0.717, 1.165) is 30.6 Å². The van der Waals surface area contributed by atoms with Crippen LogP contribution < -0.4 is 10.6 Å². The normalized spacial score (nSPS) is 20.1. The molecule has 0 spiro atoms. The summed E-state index contributed by atoms with van der Waals surface area (Å²) in [6.45, 7) is 3.22. The summed E-state index contributed by atoms with van der Waals surface area (Å²) in [5.41, 5.74) is 9.03. The third-order valence-corrected chi connectivity index (χ3v) is 4.04. The summed E-state index contributed by atoms with van der Waals surface area (Å²) < 4.78 is 0. The monoisotopic (exact) mass is 278 g/mol. The fourth-order valence-electron chi connectivity index (χ4n) is 2.77. The number of hydrogen-bond acceptors (Lipinski definition) is 3. The lowest BCUT2D eigenvalue weighted by Gasteiger charge is -2.32. The average Bonchev–Trinajstić information content (AvgIpc) is 2.63. The third-order valence-electron chi connectivity index (χ3n) is 3.82. The molecule has 0 saturated carbocycles. The first-order valence-corrected chi connectivity index (χ1v) is 7.32. The number of aliphatic hydroxyl groups is 1. The Bertz CT molecular complexity index is 461. The van der Waals surface area contributed by atoms with E-state index in [2.05, 4.69) is 17.9 Å². The Morgan fingerprint density at radius 2 is 2.21 bits per heavy atom. The molecule has 1 aromatic rings. The van der Waals surface area contributed by atoms with Crippen molar-refractivity contribution in [2.75, 3.05) is 18.1 Å². The van der Waals surface area contributed by atoms with E-state index < -0.39 is 0 Å². The van der Waals surface area contributed by atoms with E-state index >= 15 is 0 Å². The minimum absolute atomic E-state index is 0.178. The Kier molecular flexibility index (Phi) is 4.77. The molecule has 1 fully saturated rings. The van der Waals surface area contributed by atoms with Gasteiger partial charge in [-0.05, 0) is 37.5 Å². The molecular weight excluding hydrogens is 256 g/mol. The summed E-state index contributed by atoms with van der Waals surface area (Å²) in [6.07, 6.45) is 4.58. The second-order valence-electron chi connectivity index (χ2n) is 5.26. The lowest BCUT2D eigenvalue weighted by atomic mass is 10.1. The van der Waals surface area contributed by atoms with Crippen molar-refractivity contribution in [3.8, 4) is 0 Å². The van der Waals surface area contributed by atoms with Gasteiger partial charge in [0.15, 0.2) is 0 Å². The van der Waals surface area contributed by atoms with E-state index in [1.807, 2.05) is 12.1 Å². The van der Waals surface area contributed by atoms with E-state index in [-0.39, 0.29) is 12.6 Å². The molecule has 3 N–H and O–H groups in total. The fraction of sp³-hybridized carbons (Fsp3) is 0.533. The Morgan fingerprint density at radius 3 is 2.89 bits per heavy atom. The van der Waals surface area contributed by atoms with Gasteiger partial charge >= 0.3 is 0 Å². The van der Waals surface area contributed by atoms with Crippen LogP contribution >= 0.6 is 12.2 Å². The van der Waals surface area contributed by atoms with Crippen molar-refractivity contribution < 1.29 is 5.11 Å². The zero-order chi connectivity index (χ0) is 13.8. The summed E-state index contributed by atoms with van der Waals surface area (Å²) >= 11 is 5.16. The Balaban J connectivity index is 2.42. The van der Waals surface area contributed by atoms with Gasteiger partial charge in [0.05, 0.1) is 12.6 Å². The molecule has 0 radical (unpaired) electrons. The minimum atomic E-state index is 0.178. The number of nitrogens with zero attached hydrogens (tertiary/aromatic N) is 1. The molecule has 104 valence electrons. The van der Waals surface area contributed by atoms with Crippen LogP contribution in [0.15, 0.2) is 18.2 Å². The highest BCUT2D eigenvalue weighted by Crippen LogP contribution is 2.28. The number of rotatable bonds is 3. The maximum absolute atomic E-state index is 9.64. The molecule has 1 aliphatic heterocycles. The second-order valence-corrected chi connectivity index (χ2v) is 5.70. The van der Waals surface area contributed by atoms with Crippen LogP contribution in [0.3, 0.4) is 0 Å². The van der Waals surface area contributed by atoms with Crippen LogP contribution in [0.1, 0.15) is 36.8 Å². The number of aliphatic hydroxyl groups excluding tert-OH is 1. The molecule has 1 heterocycles. The van der Waals surface area contributed by atoms with Crippen LogP contribution in [0.4, 0.5) is 5.69 Å². The number of anilines is 1. The molecule has 1 unspecified atom stereocenters. The van der Waals surface area contributed by atoms with Crippen LogP contribution in [-0.4, -0.2) is 29.3 Å². The smallest absolute Gasteiger partial charge is 0.106 e. The zero-order valence-electron chi connectivity index (χ0n) is 11.4. The van der Waals surface area contributed by atoms with E-state index in [9.17, 15) is 5.11 Å². The standard InChI is InChI=1S/C15H22N2OS/c1-11-6-7-13(15(16)19)14(9-11)17-8-4-2-3-5-12(17)10-18/h6-7,9,12,18H,2-5,8,10H2,1H3,(H2,16,19). The number of nitrogens with two attached hydrogens (primary N) is 1. The van der Waals surface area contributed by atoms with Gasteiger partial charge in [-0.15, -0.1) is 0 Å². The summed E-state index contributed by atoms with van der Waals surface area (Å²) in [5, 5.41) is 9.64. The SMILES string of the molecule is Cc1ccc(C(N)=S)c(N2CCCCCC2CO)c1. The van der Waals surface area contributed by atoms with Crippen molar-refractivity contribution in [2.45, 2.75) is 38.6 Å². The molecule has 2 rings (SSSR count). The molecule has 4 heteroatoms. The number of thiocarbonyl (C=S) groups is 1. The van der Waals surface area contributed by atoms with E-state index in [0.29, 0.717) is 4.99 Å². The molecule has 0 amide bonds. The molecule has 1 aliphatic rings. The van der Waals surface area contributed by atoms with Gasteiger partial charge in [0.2, 0.25) is 0 Å². The molecule has 0 aliphatic carbocycles. The third kappa shape index (κ3) is 3.25. The predicted molar refractivity (Wildman–Crippen MR) is 83.8 cm³/mol. The van der Waals surface area contributed by atoms with Crippen LogP contribution in [0.2, 0.25) is 0 Å². The van der Waals surface area contributed by atoms with Crippen molar-refractivity contribution in [3.63, 3.8) is 0 Å². The summed E-state index contributed by atoms with van der Waals surface area (Å²) in [4.78, 5) is 2.71. The van der Waals surface area contributed by atoms with Gasteiger partial charge in [-0.25, -0.2) is 0 Å². The van der Waals surface area contributed by atoms with E-state index in [1.54, 1.807) is 0 Å². The van der Waals surface area contributed by atoms with Crippen molar-refractivity contribution in [3.05, 3.63) is 29.3 Å². The molecule has 1 saturated heterocycles. The summed E-state index contributed by atoms with van der Waals surface area (Å²) in [5.74, 6) is 0. The van der Waals surface area contributed by atoms with E-state index in [1.165, 1.54) is 18.4 Å². The highest BCUT2D eigenvalue weighted by Gasteiger charge is 2.23. The van der Waals surface area contributed by atoms with Gasteiger partial charge < -0.3 is 15.7 Å². The van der Waals surface area contributed by atoms with Crippen molar-refractivity contribution in [2.24, 2.45) is 5.73 Å². The lowest BCUT2D eigenvalue weighted by molar-refractivity contribution is 0.255.